The zero-order valence-electron chi connectivity index (χ0n) is 10.3. The molecule has 0 aliphatic rings. The molecule has 0 amide bonds. The predicted octanol–water partition coefficient (Wildman–Crippen LogP) is 1.82. The van der Waals surface area contributed by atoms with Crippen LogP contribution in [0.25, 0.3) is 0 Å². The fraction of sp³-hybridized carbons (Fsp3) is 0.727. The van der Waals surface area contributed by atoms with Gasteiger partial charge in [0.2, 0.25) is 0 Å². The third-order valence-corrected chi connectivity index (χ3v) is 3.01. The Morgan fingerprint density at radius 2 is 2.06 bits per heavy atom. The van der Waals surface area contributed by atoms with Gasteiger partial charge in [-0.25, -0.2) is 4.79 Å². The highest BCUT2D eigenvalue weighted by Gasteiger charge is 2.40. The molecule has 0 aromatic rings. The van der Waals surface area contributed by atoms with Crippen LogP contribution >= 0.6 is 8.03 Å². The molecule has 0 spiro atoms. The number of unbranched alkanes of at least 4 members (excludes halogenated alkanes) is 3. The highest BCUT2D eigenvalue weighted by Crippen LogP contribution is 2.30. The van der Waals surface area contributed by atoms with Crippen molar-refractivity contribution in [3.63, 3.8) is 0 Å². The second-order valence-corrected chi connectivity index (χ2v) is 5.34. The number of hydrogen-bond acceptors (Lipinski definition) is 5. The number of carbonyl (C=O) groups is 1. The average Bonchev–Trinajstić information content (AvgIpc) is 2.23. The summed E-state index contributed by atoms with van der Waals surface area (Å²) in [7, 11) is -3.25. The number of carbonyl (C=O) groups excluding carboxylic acids is 1. The summed E-state index contributed by atoms with van der Waals surface area (Å²) in [6.07, 6.45) is 4.39. The molecule has 0 bridgehead atoms. The molecule has 5 nitrogen and oxygen atoms in total. The summed E-state index contributed by atoms with van der Waals surface area (Å²) >= 11 is 0. The molecular weight excluding hydrogens is 243 g/mol. The van der Waals surface area contributed by atoms with E-state index < -0.39 is 19.5 Å². The molecule has 0 heterocycles. The van der Waals surface area contributed by atoms with E-state index in [-0.39, 0.29) is 5.57 Å². The summed E-state index contributed by atoms with van der Waals surface area (Å²) in [6, 6.07) is 0. The summed E-state index contributed by atoms with van der Waals surface area (Å²) in [4.78, 5) is 21.9. The average molecular weight is 262 g/mol. The highest BCUT2D eigenvalue weighted by atomic mass is 31.1. The molecule has 2 unspecified atom stereocenters. The van der Waals surface area contributed by atoms with Crippen molar-refractivity contribution < 1.29 is 24.1 Å². The van der Waals surface area contributed by atoms with E-state index in [2.05, 4.69) is 18.2 Å². The van der Waals surface area contributed by atoms with Crippen LogP contribution in [0.2, 0.25) is 0 Å². The Balaban J connectivity index is 4.06. The van der Waals surface area contributed by atoms with E-state index in [1.807, 2.05) is 0 Å². The Hall–Kier alpha value is -0.770. The monoisotopic (exact) mass is 262 g/mol. The van der Waals surface area contributed by atoms with Crippen LogP contribution in [-0.2, 0) is 14.1 Å². The van der Waals surface area contributed by atoms with Crippen molar-refractivity contribution in [1.82, 2.24) is 0 Å². The molecule has 0 saturated heterocycles. The minimum absolute atomic E-state index is 0.179. The quantitative estimate of drug-likeness (QED) is 0.237. The number of esters is 1. The smallest absolute Gasteiger partial charge is 0.409 e. The largest absolute Gasteiger partial charge is 0.590 e. The maximum Gasteiger partial charge on any atom is 0.409 e. The summed E-state index contributed by atoms with van der Waals surface area (Å²) < 4.78 is 15.0. The van der Waals surface area contributed by atoms with Gasteiger partial charge < -0.3 is 14.7 Å². The number of aliphatic hydroxyl groups is 1. The van der Waals surface area contributed by atoms with Gasteiger partial charge in [-0.15, -0.1) is 0 Å². The Morgan fingerprint density at radius 1 is 1.47 bits per heavy atom. The molecule has 6 heteroatoms. The minimum atomic E-state index is -3.25. The lowest BCUT2D eigenvalue weighted by molar-refractivity contribution is -0.215. The molecule has 0 aromatic heterocycles. The molecule has 1 N–H and O–H groups in total. The molecule has 0 aliphatic carbocycles. The third kappa shape index (κ3) is 6.51. The lowest BCUT2D eigenvalue weighted by atomic mass is 10.1. The van der Waals surface area contributed by atoms with E-state index in [0.717, 1.165) is 32.6 Å². The fourth-order valence-electron chi connectivity index (χ4n) is 1.15. The van der Waals surface area contributed by atoms with Crippen LogP contribution in [-0.4, -0.2) is 16.6 Å². The minimum Gasteiger partial charge on any atom is -0.590 e. The van der Waals surface area contributed by atoms with E-state index in [9.17, 15) is 19.4 Å². The van der Waals surface area contributed by atoms with Crippen LogP contribution < -0.4 is 4.89 Å². The predicted molar refractivity (Wildman–Crippen MR) is 62.2 cm³/mol. The summed E-state index contributed by atoms with van der Waals surface area (Å²) in [5.41, 5.74) is -2.28. The van der Waals surface area contributed by atoms with Gasteiger partial charge in [0, 0.05) is 5.57 Å². The molecule has 17 heavy (non-hydrogen) atoms. The molecule has 0 rings (SSSR count). The van der Waals surface area contributed by atoms with E-state index in [1.54, 1.807) is 0 Å². The zero-order chi connectivity index (χ0) is 13.5. The van der Waals surface area contributed by atoms with E-state index in [0.29, 0.717) is 6.42 Å². The van der Waals surface area contributed by atoms with Gasteiger partial charge in [-0.2, -0.15) is 0 Å². The zero-order valence-corrected chi connectivity index (χ0v) is 11.2. The first kappa shape index (κ1) is 16.2. The molecular formula is C11H19O5P. The lowest BCUT2D eigenvalue weighted by Gasteiger charge is -2.15. The van der Waals surface area contributed by atoms with Gasteiger partial charge in [-0.3, -0.25) is 0 Å². The van der Waals surface area contributed by atoms with E-state index in [4.69, 9.17) is 0 Å². The van der Waals surface area contributed by atoms with Crippen LogP contribution in [0.3, 0.4) is 0 Å². The Kier molecular flexibility index (Phi) is 7.19. The molecule has 2 atom stereocenters. The van der Waals surface area contributed by atoms with Crippen LogP contribution in [0.1, 0.15) is 46.0 Å². The normalized spacial score (nSPS) is 14.9. The topological polar surface area (TPSA) is 86.7 Å². The highest BCUT2D eigenvalue weighted by molar-refractivity contribution is 7.37. The first-order valence-electron chi connectivity index (χ1n) is 5.59. The van der Waals surface area contributed by atoms with Gasteiger partial charge >= 0.3 is 19.5 Å². The van der Waals surface area contributed by atoms with E-state index >= 15 is 0 Å². The van der Waals surface area contributed by atoms with Crippen molar-refractivity contribution in [3.05, 3.63) is 12.2 Å². The summed E-state index contributed by atoms with van der Waals surface area (Å²) in [6.45, 7) is 6.49. The third-order valence-electron chi connectivity index (χ3n) is 2.25. The lowest BCUT2D eigenvalue weighted by Crippen LogP contribution is -2.30. The van der Waals surface area contributed by atoms with Crippen molar-refractivity contribution in [2.75, 3.05) is 0 Å². The van der Waals surface area contributed by atoms with Gasteiger partial charge in [0.1, 0.15) is 0 Å². The van der Waals surface area contributed by atoms with Crippen LogP contribution in [0.5, 0.6) is 0 Å². The number of hydrogen-bond donors (Lipinski definition) is 1. The summed E-state index contributed by atoms with van der Waals surface area (Å²) in [5.74, 6) is -0.870. The maximum atomic E-state index is 11.4. The van der Waals surface area contributed by atoms with Crippen LogP contribution in [0, 0.1) is 0 Å². The SMILES string of the molecule is C=C(CCCCCC)C(=O)OC(C)(O)[P+](=O)[O-]. The van der Waals surface area contributed by atoms with Crippen LogP contribution in [0.4, 0.5) is 0 Å². The summed E-state index contributed by atoms with van der Waals surface area (Å²) in [5, 5.41) is 9.24. The van der Waals surface area contributed by atoms with Crippen molar-refractivity contribution >= 4 is 14.0 Å². The Labute approximate surface area is 102 Å². The molecule has 0 fully saturated rings. The first-order chi connectivity index (χ1) is 7.81. The Bertz CT molecular complexity index is 298. The van der Waals surface area contributed by atoms with Crippen molar-refractivity contribution in [1.29, 1.82) is 0 Å². The van der Waals surface area contributed by atoms with Gasteiger partial charge in [-0.1, -0.05) is 37.3 Å². The van der Waals surface area contributed by atoms with Gasteiger partial charge in [0.25, 0.3) is 0 Å². The number of ether oxygens (including phenoxy) is 1. The van der Waals surface area contributed by atoms with Gasteiger partial charge in [-0.05, 0) is 12.8 Å². The van der Waals surface area contributed by atoms with Crippen molar-refractivity contribution in [2.24, 2.45) is 0 Å². The molecule has 0 aliphatic heterocycles. The molecule has 0 aromatic carbocycles. The van der Waals surface area contributed by atoms with Crippen molar-refractivity contribution in [2.45, 2.75) is 51.5 Å². The van der Waals surface area contributed by atoms with Gasteiger partial charge in [0.15, 0.2) is 0 Å². The Morgan fingerprint density at radius 3 is 2.53 bits per heavy atom. The second kappa shape index (κ2) is 7.54. The standard InChI is InChI=1S/C11H19O5P/c1-4-5-6-7-8-9(2)10(12)16-11(3,13)17(14)15/h13H,2,4-8H2,1,3H3. The molecule has 0 saturated carbocycles. The van der Waals surface area contributed by atoms with Gasteiger partial charge in [0.05, 0.1) is 6.92 Å². The number of rotatable bonds is 8. The molecule has 98 valence electrons. The van der Waals surface area contributed by atoms with E-state index in [1.165, 1.54) is 0 Å². The van der Waals surface area contributed by atoms with Crippen LogP contribution in [0.15, 0.2) is 12.2 Å². The second-order valence-electron chi connectivity index (χ2n) is 3.99. The fourth-order valence-corrected chi connectivity index (χ4v) is 1.31. The maximum absolute atomic E-state index is 11.4. The molecule has 0 radical (unpaired) electrons. The van der Waals surface area contributed by atoms with Crippen molar-refractivity contribution in [3.8, 4) is 0 Å². The first-order valence-corrected chi connectivity index (χ1v) is 6.77.